The van der Waals surface area contributed by atoms with Crippen molar-refractivity contribution in [3.8, 4) is 5.75 Å². The molecular formula is C10H12N2O4. The number of nitrogens with zero attached hydrogens (tertiary/aromatic N) is 1. The van der Waals surface area contributed by atoms with E-state index in [1.54, 1.807) is 0 Å². The number of benzene rings is 1. The molecule has 1 aromatic carbocycles. The molecule has 2 rings (SSSR count). The van der Waals surface area contributed by atoms with E-state index in [1.165, 1.54) is 18.2 Å². The summed E-state index contributed by atoms with van der Waals surface area (Å²) in [6.07, 6.45) is -0.325. The Balaban J connectivity index is 2.32. The van der Waals surface area contributed by atoms with E-state index >= 15 is 0 Å². The molecule has 2 N–H and O–H groups in total. The number of non-ortho nitro benzene ring substituents is 1. The summed E-state index contributed by atoms with van der Waals surface area (Å²) in [5.74, 6) is 0.530. The summed E-state index contributed by atoms with van der Waals surface area (Å²) < 4.78 is 5.49. The smallest absolute Gasteiger partial charge is 0.271 e. The zero-order valence-corrected chi connectivity index (χ0v) is 8.71. The van der Waals surface area contributed by atoms with Crippen LogP contribution in [0.15, 0.2) is 18.2 Å². The van der Waals surface area contributed by atoms with Crippen molar-refractivity contribution in [3.05, 3.63) is 28.3 Å². The Morgan fingerprint density at radius 3 is 3.00 bits per heavy atom. The SMILES string of the molecule is C[C@@H]1Nc2cc([N+](=O)[O-])ccc2O[C@@H]1CO. The molecule has 16 heavy (non-hydrogen) atoms. The van der Waals surface area contributed by atoms with Gasteiger partial charge in [-0.15, -0.1) is 0 Å². The Labute approximate surface area is 92.0 Å². The number of nitro benzene ring substituents is 1. The first kappa shape index (κ1) is 10.7. The first-order valence-electron chi connectivity index (χ1n) is 4.94. The molecule has 0 amide bonds. The van der Waals surface area contributed by atoms with Crippen molar-refractivity contribution < 1.29 is 14.8 Å². The van der Waals surface area contributed by atoms with Crippen LogP contribution in [0.5, 0.6) is 5.75 Å². The highest BCUT2D eigenvalue weighted by Crippen LogP contribution is 2.34. The van der Waals surface area contributed by atoms with Gasteiger partial charge in [-0.05, 0) is 13.0 Å². The van der Waals surface area contributed by atoms with Crippen molar-refractivity contribution in [2.75, 3.05) is 11.9 Å². The standard InChI is InChI=1S/C10H12N2O4/c1-6-10(5-13)16-9-3-2-7(12(14)15)4-8(9)11-6/h2-4,6,10-11,13H,5H2,1H3/t6-,10+/m0/s1. The molecule has 0 fully saturated rings. The van der Waals surface area contributed by atoms with Gasteiger partial charge in [-0.2, -0.15) is 0 Å². The third-order valence-corrected chi connectivity index (χ3v) is 2.57. The van der Waals surface area contributed by atoms with Crippen LogP contribution in [0.3, 0.4) is 0 Å². The van der Waals surface area contributed by atoms with Crippen LogP contribution >= 0.6 is 0 Å². The Hall–Kier alpha value is -1.82. The molecule has 1 heterocycles. The van der Waals surface area contributed by atoms with Crippen LogP contribution in [-0.4, -0.2) is 28.8 Å². The predicted octanol–water partition coefficient (Wildman–Crippen LogP) is 1.15. The third kappa shape index (κ3) is 1.79. The molecule has 1 aliphatic heterocycles. The number of anilines is 1. The predicted molar refractivity (Wildman–Crippen MR) is 57.7 cm³/mol. The van der Waals surface area contributed by atoms with Crippen molar-refractivity contribution in [2.24, 2.45) is 0 Å². The van der Waals surface area contributed by atoms with Crippen LogP contribution in [0.2, 0.25) is 0 Å². The minimum Gasteiger partial charge on any atom is -0.484 e. The lowest BCUT2D eigenvalue weighted by Gasteiger charge is -2.31. The molecule has 1 aliphatic rings. The fraction of sp³-hybridized carbons (Fsp3) is 0.400. The second kappa shape index (κ2) is 3.97. The number of nitro groups is 1. The van der Waals surface area contributed by atoms with Gasteiger partial charge in [0.2, 0.25) is 0 Å². The fourth-order valence-corrected chi connectivity index (χ4v) is 1.65. The van der Waals surface area contributed by atoms with Crippen LogP contribution < -0.4 is 10.1 Å². The molecule has 2 atom stereocenters. The topological polar surface area (TPSA) is 84.6 Å². The molecule has 0 unspecified atom stereocenters. The van der Waals surface area contributed by atoms with Crippen molar-refractivity contribution in [2.45, 2.75) is 19.1 Å². The molecule has 0 aromatic heterocycles. The number of ether oxygens (including phenoxy) is 1. The molecule has 86 valence electrons. The molecule has 0 saturated heterocycles. The summed E-state index contributed by atoms with van der Waals surface area (Å²) in [4.78, 5) is 10.1. The molecule has 6 nitrogen and oxygen atoms in total. The number of hydrogen-bond acceptors (Lipinski definition) is 5. The summed E-state index contributed by atoms with van der Waals surface area (Å²) in [7, 11) is 0. The maximum absolute atomic E-state index is 10.6. The first-order valence-corrected chi connectivity index (χ1v) is 4.94. The first-order chi connectivity index (χ1) is 7.61. The summed E-state index contributed by atoms with van der Waals surface area (Å²) in [5.41, 5.74) is 0.607. The highest BCUT2D eigenvalue weighted by atomic mass is 16.6. The van der Waals surface area contributed by atoms with Gasteiger partial charge >= 0.3 is 0 Å². The van der Waals surface area contributed by atoms with E-state index in [4.69, 9.17) is 9.84 Å². The lowest BCUT2D eigenvalue weighted by Crippen LogP contribution is -2.41. The van der Waals surface area contributed by atoms with E-state index < -0.39 is 4.92 Å². The van der Waals surface area contributed by atoms with Gasteiger partial charge in [0.25, 0.3) is 5.69 Å². The third-order valence-electron chi connectivity index (χ3n) is 2.57. The van der Waals surface area contributed by atoms with Gasteiger partial charge in [0.05, 0.1) is 23.3 Å². The Kier molecular flexibility index (Phi) is 2.66. The molecule has 6 heteroatoms. The Bertz CT molecular complexity index is 421. The van der Waals surface area contributed by atoms with Crippen molar-refractivity contribution in [1.29, 1.82) is 0 Å². The van der Waals surface area contributed by atoms with Crippen LogP contribution in [-0.2, 0) is 0 Å². The number of fused-ring (bicyclic) bond motifs is 1. The van der Waals surface area contributed by atoms with Gasteiger partial charge in [0.15, 0.2) is 0 Å². The number of rotatable bonds is 2. The normalized spacial score (nSPS) is 22.9. The highest BCUT2D eigenvalue weighted by molar-refractivity contribution is 5.63. The van der Waals surface area contributed by atoms with Crippen molar-refractivity contribution in [1.82, 2.24) is 0 Å². The maximum Gasteiger partial charge on any atom is 0.271 e. The van der Waals surface area contributed by atoms with E-state index in [0.717, 1.165) is 0 Å². The molecule has 0 radical (unpaired) electrons. The van der Waals surface area contributed by atoms with E-state index in [-0.39, 0.29) is 24.4 Å². The van der Waals surface area contributed by atoms with Crippen LogP contribution in [0, 0.1) is 10.1 Å². The van der Waals surface area contributed by atoms with Crippen molar-refractivity contribution >= 4 is 11.4 Å². The van der Waals surface area contributed by atoms with Crippen molar-refractivity contribution in [3.63, 3.8) is 0 Å². The van der Waals surface area contributed by atoms with Gasteiger partial charge in [-0.25, -0.2) is 0 Å². The van der Waals surface area contributed by atoms with Gasteiger partial charge in [-0.3, -0.25) is 10.1 Å². The summed E-state index contributed by atoms with van der Waals surface area (Å²) in [6, 6.07) is 4.26. The molecule has 0 spiro atoms. The summed E-state index contributed by atoms with van der Waals surface area (Å²) in [6.45, 7) is 1.76. The van der Waals surface area contributed by atoms with Gasteiger partial charge in [0, 0.05) is 12.1 Å². The second-order valence-electron chi connectivity index (χ2n) is 3.71. The molecule has 0 aliphatic carbocycles. The lowest BCUT2D eigenvalue weighted by molar-refractivity contribution is -0.384. The summed E-state index contributed by atoms with van der Waals surface area (Å²) in [5, 5.41) is 22.7. The Morgan fingerprint density at radius 2 is 2.38 bits per heavy atom. The number of nitrogens with one attached hydrogen (secondary N) is 1. The number of aliphatic hydroxyl groups excluding tert-OH is 1. The molecule has 0 bridgehead atoms. The van der Waals surface area contributed by atoms with Gasteiger partial charge < -0.3 is 15.2 Å². The zero-order valence-electron chi connectivity index (χ0n) is 8.71. The number of hydrogen-bond donors (Lipinski definition) is 2. The number of aliphatic hydroxyl groups is 1. The van der Waals surface area contributed by atoms with E-state index in [2.05, 4.69) is 5.32 Å². The van der Waals surface area contributed by atoms with Gasteiger partial charge in [0.1, 0.15) is 11.9 Å². The minimum atomic E-state index is -0.454. The van der Waals surface area contributed by atoms with E-state index in [1.807, 2.05) is 6.92 Å². The average Bonchev–Trinajstić information content (AvgIpc) is 2.27. The highest BCUT2D eigenvalue weighted by Gasteiger charge is 2.26. The van der Waals surface area contributed by atoms with E-state index in [0.29, 0.717) is 11.4 Å². The van der Waals surface area contributed by atoms with Crippen LogP contribution in [0.4, 0.5) is 11.4 Å². The molecular weight excluding hydrogens is 212 g/mol. The van der Waals surface area contributed by atoms with Crippen LogP contribution in [0.25, 0.3) is 0 Å². The maximum atomic E-state index is 10.6. The largest absolute Gasteiger partial charge is 0.484 e. The van der Waals surface area contributed by atoms with E-state index in [9.17, 15) is 10.1 Å². The van der Waals surface area contributed by atoms with Gasteiger partial charge in [-0.1, -0.05) is 0 Å². The van der Waals surface area contributed by atoms with Crippen LogP contribution in [0.1, 0.15) is 6.92 Å². The monoisotopic (exact) mass is 224 g/mol. The minimum absolute atomic E-state index is 0.0181. The zero-order chi connectivity index (χ0) is 11.7. The average molecular weight is 224 g/mol. The molecule has 1 aromatic rings. The second-order valence-corrected chi connectivity index (χ2v) is 3.71. The Morgan fingerprint density at radius 1 is 1.62 bits per heavy atom. The molecule has 0 saturated carbocycles. The quantitative estimate of drug-likeness (QED) is 0.581. The fourth-order valence-electron chi connectivity index (χ4n) is 1.65. The lowest BCUT2D eigenvalue weighted by atomic mass is 10.1. The summed E-state index contributed by atoms with van der Waals surface area (Å²) >= 11 is 0.